The van der Waals surface area contributed by atoms with Crippen molar-refractivity contribution in [1.82, 2.24) is 19.7 Å². The van der Waals surface area contributed by atoms with Gasteiger partial charge in [-0.3, -0.25) is 4.79 Å². The standard InChI is InChI=1S/C26H30N4O3/c1-16(2)30-25-21(14-27-30)20(13-22(28-25)18-11-12-18)26(32)33-15-24(31)29(3)23-10-6-8-17-7-4-5-9-19(17)23/h4-5,7,9,13-14,16,18,23H,6,8,10-12,15H2,1-3H3. The van der Waals surface area contributed by atoms with Crippen LogP contribution in [-0.2, 0) is 16.0 Å². The molecule has 1 saturated carbocycles. The highest BCUT2D eigenvalue weighted by atomic mass is 16.5. The summed E-state index contributed by atoms with van der Waals surface area (Å²) in [6, 6.07) is 10.2. The molecule has 7 heteroatoms. The van der Waals surface area contributed by atoms with Crippen molar-refractivity contribution in [2.45, 2.75) is 64.0 Å². The summed E-state index contributed by atoms with van der Waals surface area (Å²) in [5.74, 6) is -0.315. The molecule has 0 radical (unpaired) electrons. The van der Waals surface area contributed by atoms with Crippen molar-refractivity contribution in [3.05, 3.63) is 58.9 Å². The van der Waals surface area contributed by atoms with Gasteiger partial charge in [-0.2, -0.15) is 5.10 Å². The van der Waals surface area contributed by atoms with Gasteiger partial charge in [0.2, 0.25) is 0 Å². The van der Waals surface area contributed by atoms with E-state index in [2.05, 4.69) is 17.2 Å². The fourth-order valence-corrected chi connectivity index (χ4v) is 4.78. The van der Waals surface area contributed by atoms with Gasteiger partial charge in [-0.15, -0.1) is 0 Å². The highest BCUT2D eigenvalue weighted by Gasteiger charge is 2.30. The minimum Gasteiger partial charge on any atom is -0.452 e. The first-order valence-corrected chi connectivity index (χ1v) is 11.8. The Kier molecular flexibility index (Phi) is 5.64. The van der Waals surface area contributed by atoms with E-state index in [4.69, 9.17) is 9.72 Å². The fraction of sp³-hybridized carbons (Fsp3) is 0.462. The molecular weight excluding hydrogens is 416 g/mol. The SMILES string of the molecule is CC(C)n1ncc2c(C(=O)OCC(=O)N(C)C3CCCc4ccccc43)cc(C3CC3)nc21. The Morgan fingerprint density at radius 1 is 1.21 bits per heavy atom. The zero-order valence-electron chi connectivity index (χ0n) is 19.5. The van der Waals surface area contributed by atoms with Gasteiger partial charge in [-0.25, -0.2) is 14.5 Å². The molecule has 1 unspecified atom stereocenters. The van der Waals surface area contributed by atoms with Crippen molar-refractivity contribution < 1.29 is 14.3 Å². The molecule has 1 fully saturated rings. The van der Waals surface area contributed by atoms with Crippen molar-refractivity contribution >= 4 is 22.9 Å². The summed E-state index contributed by atoms with van der Waals surface area (Å²) in [5.41, 5.74) is 4.52. The van der Waals surface area contributed by atoms with E-state index in [9.17, 15) is 9.59 Å². The molecule has 0 aliphatic heterocycles. The van der Waals surface area contributed by atoms with Gasteiger partial charge in [-0.1, -0.05) is 24.3 Å². The predicted molar refractivity (Wildman–Crippen MR) is 125 cm³/mol. The summed E-state index contributed by atoms with van der Waals surface area (Å²) in [6.45, 7) is 3.79. The summed E-state index contributed by atoms with van der Waals surface area (Å²) >= 11 is 0. The van der Waals surface area contributed by atoms with Gasteiger partial charge in [0.05, 0.1) is 23.2 Å². The summed E-state index contributed by atoms with van der Waals surface area (Å²) in [7, 11) is 1.80. The molecule has 0 N–H and O–H groups in total. The number of hydrogen-bond acceptors (Lipinski definition) is 5. The zero-order chi connectivity index (χ0) is 23.1. The molecule has 0 bridgehead atoms. The van der Waals surface area contributed by atoms with Crippen LogP contribution in [0.15, 0.2) is 36.5 Å². The molecule has 2 heterocycles. The number of carbonyl (C=O) groups is 2. The lowest BCUT2D eigenvalue weighted by Crippen LogP contribution is -2.36. The molecule has 2 aliphatic rings. The van der Waals surface area contributed by atoms with Crippen LogP contribution in [0.1, 0.15) is 84.7 Å². The number of hydrogen-bond donors (Lipinski definition) is 0. The van der Waals surface area contributed by atoms with Crippen LogP contribution in [0.5, 0.6) is 0 Å². The largest absolute Gasteiger partial charge is 0.452 e. The van der Waals surface area contributed by atoms with E-state index in [-0.39, 0.29) is 24.6 Å². The monoisotopic (exact) mass is 446 g/mol. The first-order valence-electron chi connectivity index (χ1n) is 11.8. The first kappa shape index (κ1) is 21.6. The molecule has 0 saturated heterocycles. The Balaban J connectivity index is 1.34. The second-order valence-corrected chi connectivity index (χ2v) is 9.48. The van der Waals surface area contributed by atoms with Crippen LogP contribution in [0.25, 0.3) is 11.0 Å². The second kappa shape index (κ2) is 8.61. The predicted octanol–water partition coefficient (Wildman–Crippen LogP) is 4.58. The van der Waals surface area contributed by atoms with Crippen molar-refractivity contribution in [3.63, 3.8) is 0 Å². The van der Waals surface area contributed by atoms with E-state index in [1.807, 2.05) is 36.7 Å². The maximum atomic E-state index is 13.1. The number of carbonyl (C=O) groups excluding carboxylic acids is 2. The molecule has 2 aliphatic carbocycles. The zero-order valence-corrected chi connectivity index (χ0v) is 19.5. The third kappa shape index (κ3) is 4.12. The summed E-state index contributed by atoms with van der Waals surface area (Å²) in [5, 5.41) is 5.10. The van der Waals surface area contributed by atoms with Gasteiger partial charge in [0.15, 0.2) is 12.3 Å². The number of fused-ring (bicyclic) bond motifs is 2. The first-order chi connectivity index (χ1) is 15.9. The summed E-state index contributed by atoms with van der Waals surface area (Å²) in [4.78, 5) is 32.5. The Bertz CT molecular complexity index is 1210. The fourth-order valence-electron chi connectivity index (χ4n) is 4.78. The average molecular weight is 447 g/mol. The van der Waals surface area contributed by atoms with Gasteiger partial charge in [0.1, 0.15) is 0 Å². The molecule has 33 heavy (non-hydrogen) atoms. The molecule has 1 atom stereocenters. The Labute approximate surface area is 193 Å². The normalized spacial score (nSPS) is 17.8. The van der Waals surface area contributed by atoms with Gasteiger partial charge in [0, 0.05) is 24.7 Å². The lowest BCUT2D eigenvalue weighted by molar-refractivity contribution is -0.135. The van der Waals surface area contributed by atoms with Gasteiger partial charge in [-0.05, 0) is 63.1 Å². The highest BCUT2D eigenvalue weighted by molar-refractivity contribution is 6.03. The Morgan fingerprint density at radius 2 is 2.00 bits per heavy atom. The molecule has 1 aromatic carbocycles. The maximum absolute atomic E-state index is 13.1. The minimum atomic E-state index is -0.501. The number of aromatic nitrogens is 3. The number of likely N-dealkylation sites (N-methyl/N-ethyl adjacent to an activating group) is 1. The number of amides is 1. The molecule has 172 valence electrons. The molecule has 0 spiro atoms. The molecule has 5 rings (SSSR count). The third-order valence-corrected chi connectivity index (χ3v) is 6.82. The van der Waals surface area contributed by atoms with Crippen molar-refractivity contribution in [2.75, 3.05) is 13.7 Å². The number of rotatable bonds is 6. The number of nitrogens with zero attached hydrogens (tertiary/aromatic N) is 4. The lowest BCUT2D eigenvalue weighted by Gasteiger charge is -2.33. The van der Waals surface area contributed by atoms with Crippen LogP contribution in [0, 0.1) is 0 Å². The summed E-state index contributed by atoms with van der Waals surface area (Å²) in [6.07, 6.45) is 6.82. The molecule has 7 nitrogen and oxygen atoms in total. The molecule has 3 aromatic rings. The maximum Gasteiger partial charge on any atom is 0.339 e. The molecule has 1 amide bonds. The Hall–Kier alpha value is -3.22. The quantitative estimate of drug-likeness (QED) is 0.518. The van der Waals surface area contributed by atoms with Crippen LogP contribution in [-0.4, -0.2) is 45.2 Å². The van der Waals surface area contributed by atoms with E-state index in [0.29, 0.717) is 22.5 Å². The topological polar surface area (TPSA) is 77.3 Å². The van der Waals surface area contributed by atoms with E-state index in [1.54, 1.807) is 18.1 Å². The van der Waals surface area contributed by atoms with E-state index >= 15 is 0 Å². The molecule has 2 aromatic heterocycles. The van der Waals surface area contributed by atoms with Crippen molar-refractivity contribution in [3.8, 4) is 0 Å². The van der Waals surface area contributed by atoms with E-state index < -0.39 is 5.97 Å². The van der Waals surface area contributed by atoms with Crippen LogP contribution in [0.3, 0.4) is 0 Å². The van der Waals surface area contributed by atoms with Gasteiger partial charge >= 0.3 is 5.97 Å². The van der Waals surface area contributed by atoms with Gasteiger partial charge in [0.25, 0.3) is 5.91 Å². The number of ether oxygens (including phenoxy) is 1. The molecular formula is C26H30N4O3. The van der Waals surface area contributed by atoms with Crippen LogP contribution < -0.4 is 0 Å². The third-order valence-electron chi connectivity index (χ3n) is 6.82. The van der Waals surface area contributed by atoms with Crippen LogP contribution in [0.2, 0.25) is 0 Å². The average Bonchev–Trinajstić information content (AvgIpc) is 3.59. The second-order valence-electron chi connectivity index (χ2n) is 9.48. The smallest absolute Gasteiger partial charge is 0.339 e. The van der Waals surface area contributed by atoms with E-state index in [0.717, 1.165) is 37.8 Å². The Morgan fingerprint density at radius 3 is 2.76 bits per heavy atom. The number of aryl methyl sites for hydroxylation is 1. The summed E-state index contributed by atoms with van der Waals surface area (Å²) < 4.78 is 7.36. The highest BCUT2D eigenvalue weighted by Crippen LogP contribution is 2.40. The van der Waals surface area contributed by atoms with Crippen molar-refractivity contribution in [2.24, 2.45) is 0 Å². The lowest BCUT2D eigenvalue weighted by atomic mass is 9.87. The van der Waals surface area contributed by atoms with Crippen LogP contribution >= 0.6 is 0 Å². The number of esters is 1. The minimum absolute atomic E-state index is 0.0135. The number of pyridine rings is 1. The van der Waals surface area contributed by atoms with Crippen LogP contribution in [0.4, 0.5) is 0 Å². The van der Waals surface area contributed by atoms with Crippen molar-refractivity contribution in [1.29, 1.82) is 0 Å². The number of benzene rings is 1. The van der Waals surface area contributed by atoms with E-state index in [1.165, 1.54) is 11.1 Å². The van der Waals surface area contributed by atoms with Gasteiger partial charge < -0.3 is 9.64 Å².